The summed E-state index contributed by atoms with van der Waals surface area (Å²) in [6.45, 7) is -6.33. The predicted octanol–water partition coefficient (Wildman–Crippen LogP) is 1.49. The number of aliphatic hydroxyl groups is 2. The normalized spacial score (nSPS) is 10.7. The molecule has 6 N–H and O–H groups in total. The number of aliphatic hydroxyl groups excluding tert-OH is 2. The molecule has 0 atom stereocenters. The van der Waals surface area contributed by atoms with Crippen molar-refractivity contribution in [3.05, 3.63) is 143 Å². The van der Waals surface area contributed by atoms with Gasteiger partial charge in [-0.25, -0.2) is 47.3 Å². The molecular formula is C58H74Cl7GdN12Ni2O20P2S2. The number of hydrazone groups is 6. The Hall–Kier alpha value is -4.94. The summed E-state index contributed by atoms with van der Waals surface area (Å²) in [6, 6.07) is 29.0. The molecule has 0 fully saturated rings. The van der Waals surface area contributed by atoms with Gasteiger partial charge >= 0.3 is 72.9 Å². The van der Waals surface area contributed by atoms with Gasteiger partial charge < -0.3 is 80.2 Å². The summed E-state index contributed by atoms with van der Waals surface area (Å²) in [5, 5.41) is 116. The molecular weight excluding hydrogens is 1830 g/mol. The molecule has 0 saturated carbocycles. The molecule has 6 aromatic carbocycles. The number of ether oxygens (including phenoxy) is 6. The van der Waals surface area contributed by atoms with Crippen molar-refractivity contribution in [1.82, 2.24) is 28.7 Å². The van der Waals surface area contributed by atoms with Crippen LogP contribution in [0, 0.1) is 50.2 Å². The molecule has 32 nitrogen and oxygen atoms in total. The molecule has 6 aromatic rings. The second kappa shape index (κ2) is 57.2. The van der Waals surface area contributed by atoms with E-state index in [9.17, 15) is 30.6 Å². The quantitative estimate of drug-likeness (QED) is 0.0285. The van der Waals surface area contributed by atoms with Crippen molar-refractivity contribution in [2.45, 2.75) is 8.59 Å². The Bertz CT molecular complexity index is 3150. The molecule has 0 bridgehead atoms. The van der Waals surface area contributed by atoms with Gasteiger partial charge in [-0.2, -0.15) is 30.6 Å². The van der Waals surface area contributed by atoms with Crippen LogP contribution in [0.15, 0.2) is 140 Å². The van der Waals surface area contributed by atoms with E-state index in [0.29, 0.717) is 0 Å². The molecule has 0 saturated heterocycles. The number of rotatable bonds is 24. The van der Waals surface area contributed by atoms with E-state index in [-0.39, 0.29) is 186 Å². The van der Waals surface area contributed by atoms with Crippen LogP contribution < -0.4 is 77.7 Å². The summed E-state index contributed by atoms with van der Waals surface area (Å²) in [4.78, 5) is 0. The number of para-hydroxylation sites is 6. The summed E-state index contributed by atoms with van der Waals surface area (Å²) >= 11 is 41.0. The topological polar surface area (TPSA) is 483 Å². The van der Waals surface area contributed by atoms with Crippen LogP contribution >= 0.6 is 82.6 Å². The van der Waals surface area contributed by atoms with Gasteiger partial charge in [-0.05, 0) is 93.4 Å². The molecule has 0 unspecified atom stereocenters. The van der Waals surface area contributed by atoms with Gasteiger partial charge in [0.05, 0.1) is 79.9 Å². The number of alkyl halides is 6. The molecule has 0 spiro atoms. The summed E-state index contributed by atoms with van der Waals surface area (Å²) in [6.07, 6.45) is 8.23. The first-order valence-electron chi connectivity index (χ1n) is 26.9. The van der Waals surface area contributed by atoms with Crippen molar-refractivity contribution in [2.75, 3.05) is 99.2 Å². The number of methoxy groups -OCH3 is 6. The van der Waals surface area contributed by atoms with Gasteiger partial charge in [-0.1, -0.05) is 177 Å². The maximum Gasteiger partial charge on any atom is 3.00 e. The van der Waals surface area contributed by atoms with E-state index in [2.05, 4.69) is 30.6 Å². The Balaban J connectivity index is -0.000000364. The number of hydrogen-bond donors (Lipinski definition) is 2. The van der Waals surface area contributed by atoms with Crippen molar-refractivity contribution in [1.29, 1.82) is 0 Å². The molecule has 6 rings (SSSR count). The summed E-state index contributed by atoms with van der Waals surface area (Å²) in [5.74, 6) is -0.927. The standard InChI is InChI=1S/2C27H33N6O6PS.2CHCl3.2CH4O.ClHO4.Gd.2Ni.2H2O/c2*1-31(28-16-19-10-7-13-22(37-4)25(19)34)40(41,32(2)29-17-20-11-8-14-23(38-5)26(20)35)33(3)30-18-21-12-9-15-24(39-6)27(21)36;2*2-1(3)4;2*1-2;2-1(3,4)5;;;;;/h2*7-18,34-36H,1-6H3;2*1H;2*2H,1H3;(H,2,3,4,5);;;;2*1H2/q;;;;;;;2*+2;+3;;/p-7/b2*28-16+,29-17+,30-18+;;;;;;;;;;. The van der Waals surface area contributed by atoms with Crippen LogP contribution in [0.1, 0.15) is 33.4 Å². The van der Waals surface area contributed by atoms with Crippen LogP contribution in [0.5, 0.6) is 69.0 Å². The van der Waals surface area contributed by atoms with E-state index in [1.54, 1.807) is 151 Å². The summed E-state index contributed by atoms with van der Waals surface area (Å²) in [7, 11) is 15.2. The average Bonchev–Trinajstić information content (AvgIpc) is 0.797. The maximum atomic E-state index is 12.6. The van der Waals surface area contributed by atoms with Crippen LogP contribution in [0.2, 0.25) is 0 Å². The number of benzene rings is 6. The maximum absolute atomic E-state index is 12.6. The molecule has 104 heavy (non-hydrogen) atoms. The number of nitrogens with zero attached hydrogens (tertiary/aromatic N) is 12. The van der Waals surface area contributed by atoms with Gasteiger partial charge in [0, 0.05) is 56.5 Å². The first kappa shape index (κ1) is 110. The van der Waals surface area contributed by atoms with E-state index in [1.165, 1.54) is 109 Å². The fourth-order valence-corrected chi connectivity index (χ4v) is 11.3. The molecule has 0 aliphatic carbocycles. The number of halogens is 7. The van der Waals surface area contributed by atoms with Crippen LogP contribution in [0.25, 0.3) is 0 Å². The van der Waals surface area contributed by atoms with Crippen LogP contribution in [0.4, 0.5) is 0 Å². The van der Waals surface area contributed by atoms with Crippen molar-refractivity contribution < 1.29 is 182 Å². The summed E-state index contributed by atoms with van der Waals surface area (Å²) in [5.41, 5.74) is 1.72. The van der Waals surface area contributed by atoms with Crippen LogP contribution in [0.3, 0.4) is 0 Å². The summed E-state index contributed by atoms with van der Waals surface area (Å²) < 4.78 is 71.9. The zero-order chi connectivity index (χ0) is 76.0. The zero-order valence-electron chi connectivity index (χ0n) is 57.1. The molecule has 0 aliphatic rings. The zero-order valence-corrected chi connectivity index (χ0v) is 70.1. The SMILES string of the molecule is CO.CO.COc1cccc(/C=N/N(C)P(=S)(N(C)/N=C/c2cccc(OC)c2[O-])N(C)/N=C/c2cccc(OC)c2[O-])c1[O-].COc1cccc(/C=N/N(C)P(=S)(N(C)/N=C/c2cccc(OC)c2[O-])N(C)/N=C/c2cccc(OC)c2[O-])c1[O-].ClC(Cl)Cl.ClC(Cl)Cl.O.O.[Gd+2].[Ni+2].[Ni+3].[O-][Cl+3]([O-])([O-])[O-]. The molecule has 1 radical (unpaired) electrons. The minimum atomic E-state index is -4.94. The van der Waals surface area contributed by atoms with E-state index in [1.807, 2.05) is 0 Å². The number of hydrogen-bond acceptors (Lipinski definition) is 26. The third-order valence-corrected chi connectivity index (χ3v) is 21.2. The van der Waals surface area contributed by atoms with E-state index >= 15 is 0 Å². The fraction of sp³-hybridized carbons (Fsp3) is 0.276. The van der Waals surface area contributed by atoms with E-state index in [0.717, 1.165) is 14.2 Å². The third kappa shape index (κ3) is 36.3. The Labute approximate surface area is 697 Å². The smallest absolute Gasteiger partial charge is 0.870 e. The monoisotopic (exact) mass is 1900 g/mol. The third-order valence-electron chi connectivity index (χ3n) is 11.8. The molecule has 0 aliphatic heterocycles. The minimum Gasteiger partial charge on any atom is -0.870 e. The Kier molecular flexibility index (Phi) is 60.5. The van der Waals surface area contributed by atoms with Gasteiger partial charge in [0.15, 0.2) is 8.59 Å². The van der Waals surface area contributed by atoms with Crippen molar-refractivity contribution in [2.24, 2.45) is 30.6 Å². The van der Waals surface area contributed by atoms with E-state index < -0.39 is 31.8 Å². The van der Waals surface area contributed by atoms with Crippen molar-refractivity contribution in [3.63, 3.8) is 0 Å². The van der Waals surface area contributed by atoms with Gasteiger partial charge in [0.25, 0.3) is 13.0 Å². The predicted molar refractivity (Wildman–Crippen MR) is 382 cm³/mol. The van der Waals surface area contributed by atoms with Crippen molar-refractivity contribution >= 4 is 143 Å². The van der Waals surface area contributed by atoms with Gasteiger partial charge in [-0.3, -0.25) is 0 Å². The molecule has 0 amide bonds. The first-order chi connectivity index (χ1) is 46.6. The fourth-order valence-electron chi connectivity index (χ4n) is 7.17. The van der Waals surface area contributed by atoms with E-state index in [4.69, 9.17) is 150 Å². The van der Waals surface area contributed by atoms with Gasteiger partial charge in [0.1, 0.15) is 34.5 Å². The van der Waals surface area contributed by atoms with Crippen molar-refractivity contribution in [3.8, 4) is 69.0 Å². The Morgan fingerprint density at radius 1 is 0.356 bits per heavy atom. The largest absolute Gasteiger partial charge is 3.00 e. The molecule has 0 heterocycles. The first-order valence-corrected chi connectivity index (χ1v) is 36.1. The van der Waals surface area contributed by atoms with Gasteiger partial charge in [0.2, 0.25) is 0 Å². The Morgan fingerprint density at radius 3 is 0.558 bits per heavy atom. The minimum absolute atomic E-state index is 0. The molecule has 585 valence electrons. The average molecular weight is 1910 g/mol. The van der Waals surface area contributed by atoms with Crippen LogP contribution in [-0.2, 0) is 56.6 Å². The van der Waals surface area contributed by atoms with Gasteiger partial charge in [-0.15, -0.1) is 10.2 Å². The second-order valence-electron chi connectivity index (χ2n) is 17.6. The second-order valence-corrected chi connectivity index (χ2v) is 30.8. The molecule has 46 heteroatoms. The Morgan fingerprint density at radius 2 is 0.462 bits per heavy atom. The van der Waals surface area contributed by atoms with Crippen LogP contribution in [-0.4, -0.2) is 195 Å². The molecule has 0 aromatic heterocycles.